The Labute approximate surface area is 85.8 Å². The van der Waals surface area contributed by atoms with Gasteiger partial charge in [0.25, 0.3) is 0 Å². The summed E-state index contributed by atoms with van der Waals surface area (Å²) in [7, 11) is 0. The van der Waals surface area contributed by atoms with Crippen LogP contribution in [0.25, 0.3) is 10.4 Å². The third-order valence-corrected chi connectivity index (χ3v) is 1.70. The molecule has 1 aliphatic carbocycles. The second-order valence-corrected chi connectivity index (χ2v) is 2.74. The van der Waals surface area contributed by atoms with Crippen molar-refractivity contribution >= 4 is 11.5 Å². The number of hydrogen-bond acceptors (Lipinski definition) is 4. The van der Waals surface area contributed by atoms with Gasteiger partial charge in [0, 0.05) is 10.5 Å². The maximum Gasteiger partial charge on any atom is 0.159 e. The van der Waals surface area contributed by atoms with Crippen molar-refractivity contribution in [3.63, 3.8) is 0 Å². The van der Waals surface area contributed by atoms with Gasteiger partial charge in [-0.2, -0.15) is 0 Å². The van der Waals surface area contributed by atoms with E-state index in [1.54, 1.807) is 12.2 Å². The third kappa shape index (κ3) is 2.82. The lowest BCUT2D eigenvalue weighted by Gasteiger charge is -2.06. The molecule has 0 aromatic heterocycles. The Hall–Kier alpha value is -2.33. The largest absolute Gasteiger partial charge is 0.295 e. The van der Waals surface area contributed by atoms with Crippen molar-refractivity contribution in [2.75, 3.05) is 0 Å². The SMILES string of the molecule is C=C1C=CC(C(C)=O)=C/C1=N/ON=[N+]=[N-]. The van der Waals surface area contributed by atoms with Crippen molar-refractivity contribution in [3.05, 3.63) is 46.4 Å². The molecular formula is C9H8N4O2. The minimum atomic E-state index is -0.0877. The van der Waals surface area contributed by atoms with E-state index in [9.17, 15) is 4.79 Å². The predicted octanol–water partition coefficient (Wildman–Crippen LogP) is 2.23. The molecule has 0 amide bonds. The summed E-state index contributed by atoms with van der Waals surface area (Å²) in [5, 5.41) is 6.29. The molecule has 0 atom stereocenters. The summed E-state index contributed by atoms with van der Waals surface area (Å²) >= 11 is 0. The molecule has 0 radical (unpaired) electrons. The molecule has 1 aliphatic rings. The molecule has 0 spiro atoms. The first-order valence-electron chi connectivity index (χ1n) is 4.03. The zero-order chi connectivity index (χ0) is 11.3. The van der Waals surface area contributed by atoms with Gasteiger partial charge in [0.1, 0.15) is 11.0 Å². The smallest absolute Gasteiger partial charge is 0.159 e. The number of azide groups is 1. The Morgan fingerprint density at radius 2 is 2.33 bits per heavy atom. The lowest BCUT2D eigenvalue weighted by Crippen LogP contribution is -2.06. The van der Waals surface area contributed by atoms with Gasteiger partial charge >= 0.3 is 0 Å². The number of nitrogens with zero attached hydrogens (tertiary/aromatic N) is 4. The molecule has 0 unspecified atom stereocenters. The minimum Gasteiger partial charge on any atom is -0.295 e. The van der Waals surface area contributed by atoms with Crippen LogP contribution in [0.5, 0.6) is 0 Å². The fourth-order valence-electron chi connectivity index (χ4n) is 0.946. The van der Waals surface area contributed by atoms with Gasteiger partial charge in [-0.25, -0.2) is 0 Å². The average Bonchev–Trinajstić information content (AvgIpc) is 2.20. The van der Waals surface area contributed by atoms with Crippen LogP contribution in [0.2, 0.25) is 0 Å². The maximum atomic E-state index is 11.1. The van der Waals surface area contributed by atoms with Crippen LogP contribution in [0, 0.1) is 0 Å². The molecule has 0 heterocycles. The van der Waals surface area contributed by atoms with Crippen molar-refractivity contribution in [1.29, 1.82) is 0 Å². The number of rotatable bonds is 3. The number of Topliss-reactive ketones (excluding diaryl/α,β-unsaturated/α-hetero) is 1. The third-order valence-electron chi connectivity index (χ3n) is 1.70. The fraction of sp³-hybridized carbons (Fsp3) is 0.111. The first-order valence-corrected chi connectivity index (χ1v) is 4.03. The Balaban J connectivity index is 2.93. The van der Waals surface area contributed by atoms with Crippen LogP contribution in [-0.2, 0) is 9.73 Å². The highest BCUT2D eigenvalue weighted by Gasteiger charge is 2.10. The number of ketones is 1. The summed E-state index contributed by atoms with van der Waals surface area (Å²) in [5.74, 6) is -0.0877. The van der Waals surface area contributed by atoms with Crippen molar-refractivity contribution < 1.29 is 9.73 Å². The molecule has 0 fully saturated rings. The normalized spacial score (nSPS) is 17.0. The summed E-state index contributed by atoms with van der Waals surface area (Å²) in [6.45, 7) is 5.12. The van der Waals surface area contributed by atoms with Crippen molar-refractivity contribution in [2.45, 2.75) is 6.92 Å². The summed E-state index contributed by atoms with van der Waals surface area (Å²) in [6.07, 6.45) is 4.78. The van der Waals surface area contributed by atoms with E-state index in [-0.39, 0.29) is 5.78 Å². The van der Waals surface area contributed by atoms with Gasteiger partial charge in [-0.05, 0) is 24.1 Å². The Morgan fingerprint density at radius 3 is 2.93 bits per heavy atom. The Morgan fingerprint density at radius 1 is 1.60 bits per heavy atom. The molecule has 1 rings (SSSR count). The standard InChI is InChI=1S/C9H8N4O2/c1-6-3-4-8(7(2)14)5-9(6)11-15-13-12-10/h3-5H,1H2,2H3/b11-9-. The van der Waals surface area contributed by atoms with E-state index in [0.29, 0.717) is 16.9 Å². The summed E-state index contributed by atoms with van der Waals surface area (Å²) in [5.41, 5.74) is 9.38. The van der Waals surface area contributed by atoms with E-state index < -0.39 is 0 Å². The Bertz CT molecular complexity index is 439. The second-order valence-electron chi connectivity index (χ2n) is 2.74. The van der Waals surface area contributed by atoms with Crippen molar-refractivity contribution in [1.82, 2.24) is 0 Å². The highest BCUT2D eigenvalue weighted by atomic mass is 16.8. The topological polar surface area (TPSA) is 87.4 Å². The Kier molecular flexibility index (Phi) is 3.43. The minimum absolute atomic E-state index is 0.0877. The van der Waals surface area contributed by atoms with E-state index >= 15 is 0 Å². The molecule has 6 heteroatoms. The zero-order valence-corrected chi connectivity index (χ0v) is 8.04. The van der Waals surface area contributed by atoms with Gasteiger partial charge in [0.05, 0.1) is 0 Å². The number of oxime groups is 1. The number of allylic oxidation sites excluding steroid dienone is 5. The van der Waals surface area contributed by atoms with E-state index in [4.69, 9.17) is 5.53 Å². The van der Waals surface area contributed by atoms with Gasteiger partial charge in [0.2, 0.25) is 0 Å². The van der Waals surface area contributed by atoms with Crippen LogP contribution in [0.4, 0.5) is 0 Å². The molecule has 15 heavy (non-hydrogen) atoms. The van der Waals surface area contributed by atoms with Crippen LogP contribution < -0.4 is 0 Å². The number of hydrogen-bond donors (Lipinski definition) is 0. The summed E-state index contributed by atoms with van der Waals surface area (Å²) in [6, 6.07) is 0. The highest BCUT2D eigenvalue weighted by molar-refractivity contribution is 6.16. The van der Waals surface area contributed by atoms with Crippen LogP contribution in [-0.4, -0.2) is 11.5 Å². The predicted molar refractivity (Wildman–Crippen MR) is 54.7 cm³/mol. The fourth-order valence-corrected chi connectivity index (χ4v) is 0.946. The van der Waals surface area contributed by atoms with Crippen LogP contribution in [0.1, 0.15) is 6.92 Å². The monoisotopic (exact) mass is 204 g/mol. The lowest BCUT2D eigenvalue weighted by atomic mass is 10.00. The van der Waals surface area contributed by atoms with Crippen molar-refractivity contribution in [3.8, 4) is 0 Å². The molecule has 0 saturated carbocycles. The molecule has 0 aromatic carbocycles. The van der Waals surface area contributed by atoms with E-state index in [1.165, 1.54) is 13.0 Å². The first-order chi connectivity index (χ1) is 7.15. The lowest BCUT2D eigenvalue weighted by molar-refractivity contribution is -0.113. The highest BCUT2D eigenvalue weighted by Crippen LogP contribution is 2.13. The molecule has 0 saturated heterocycles. The quantitative estimate of drug-likeness (QED) is 0.305. The first kappa shape index (κ1) is 10.7. The van der Waals surface area contributed by atoms with Gasteiger partial charge < -0.3 is 0 Å². The molecule has 76 valence electrons. The van der Waals surface area contributed by atoms with Gasteiger partial charge in [0.15, 0.2) is 5.78 Å². The summed E-state index contributed by atoms with van der Waals surface area (Å²) in [4.78, 5) is 17.7. The molecule has 0 aromatic rings. The van der Waals surface area contributed by atoms with E-state index in [0.717, 1.165) is 0 Å². The van der Waals surface area contributed by atoms with Crippen molar-refractivity contribution in [2.24, 2.45) is 10.4 Å². The number of carbonyl (C=O) groups excluding carboxylic acids is 1. The van der Waals surface area contributed by atoms with Gasteiger partial charge in [-0.3, -0.25) is 9.73 Å². The second kappa shape index (κ2) is 4.78. The average molecular weight is 204 g/mol. The van der Waals surface area contributed by atoms with Crippen LogP contribution in [0.3, 0.4) is 0 Å². The maximum absolute atomic E-state index is 11.1. The zero-order valence-electron chi connectivity index (χ0n) is 8.04. The molecule has 0 aliphatic heterocycles. The molecule has 0 N–H and O–H groups in total. The van der Waals surface area contributed by atoms with E-state index in [2.05, 4.69) is 26.9 Å². The molecule has 6 nitrogen and oxygen atoms in total. The van der Waals surface area contributed by atoms with Crippen LogP contribution in [0.15, 0.2) is 46.4 Å². The molecule has 0 bridgehead atoms. The van der Waals surface area contributed by atoms with Gasteiger partial charge in [-0.15, -0.1) is 0 Å². The van der Waals surface area contributed by atoms with E-state index in [1.807, 2.05) is 0 Å². The number of carbonyl (C=O) groups is 1. The molecular weight excluding hydrogens is 196 g/mol. The summed E-state index contributed by atoms with van der Waals surface area (Å²) < 4.78 is 0. The van der Waals surface area contributed by atoms with Crippen LogP contribution >= 0.6 is 0 Å². The van der Waals surface area contributed by atoms with Gasteiger partial charge in [-0.1, -0.05) is 23.9 Å².